The Morgan fingerprint density at radius 3 is 3.16 bits per heavy atom. The van der Waals surface area contributed by atoms with Crippen molar-refractivity contribution in [2.24, 2.45) is 7.05 Å². The van der Waals surface area contributed by atoms with Gasteiger partial charge in [-0.1, -0.05) is 11.3 Å². The standard InChI is InChI=1S/C10H10N6O2S/c1-15-10(17)16(14-13-15)8-2-3-11-7(8)6-18-9-12-4-5-19-9/h2-5,11H,6H2,1H3/i4T. The summed E-state index contributed by atoms with van der Waals surface area (Å²) in [5.41, 5.74) is 0.911. The van der Waals surface area contributed by atoms with E-state index in [4.69, 9.17) is 6.11 Å². The van der Waals surface area contributed by atoms with E-state index in [1.54, 1.807) is 17.6 Å². The third kappa shape index (κ3) is 2.15. The van der Waals surface area contributed by atoms with E-state index >= 15 is 0 Å². The number of nitrogens with one attached hydrogen (secondary N) is 1. The van der Waals surface area contributed by atoms with E-state index in [-0.39, 0.29) is 18.5 Å². The quantitative estimate of drug-likeness (QED) is 0.743. The molecule has 3 aromatic heterocycles. The van der Waals surface area contributed by atoms with Gasteiger partial charge in [-0.3, -0.25) is 0 Å². The summed E-state index contributed by atoms with van der Waals surface area (Å²) in [7, 11) is 1.53. The average Bonchev–Trinajstić information content (AvgIpc) is 3.11. The molecule has 3 aromatic rings. The van der Waals surface area contributed by atoms with Crippen LogP contribution in [0.3, 0.4) is 0 Å². The first-order chi connectivity index (χ1) is 9.65. The van der Waals surface area contributed by atoms with Crippen molar-refractivity contribution in [1.29, 1.82) is 0 Å². The van der Waals surface area contributed by atoms with Crippen molar-refractivity contribution in [3.05, 3.63) is 40.0 Å². The summed E-state index contributed by atoms with van der Waals surface area (Å²) in [5.74, 6) is 0. The number of ether oxygens (including phenoxy) is 1. The van der Waals surface area contributed by atoms with Crippen LogP contribution in [-0.2, 0) is 13.7 Å². The predicted octanol–water partition coefficient (Wildman–Crippen LogP) is 0.330. The number of aryl methyl sites for hydroxylation is 1. The normalized spacial score (nSPS) is 11.5. The van der Waals surface area contributed by atoms with Gasteiger partial charge in [0.2, 0.25) is 0 Å². The highest BCUT2D eigenvalue weighted by atomic mass is 32.1. The fraction of sp³-hybridized carbons (Fsp3) is 0.200. The number of thiazole rings is 1. The third-order valence-corrected chi connectivity index (χ3v) is 3.10. The molecule has 0 aliphatic rings. The fourth-order valence-electron chi connectivity index (χ4n) is 1.56. The van der Waals surface area contributed by atoms with Crippen LogP contribution in [0.25, 0.3) is 5.69 Å². The Bertz CT molecular complexity index is 788. The fourth-order valence-corrected chi connectivity index (χ4v) is 2.00. The van der Waals surface area contributed by atoms with Gasteiger partial charge in [-0.2, -0.15) is 9.36 Å². The molecule has 0 saturated heterocycles. The molecule has 0 bridgehead atoms. The van der Waals surface area contributed by atoms with Gasteiger partial charge in [-0.05, 0) is 16.5 Å². The smallest absolute Gasteiger partial charge is 0.368 e. The molecule has 0 amide bonds. The van der Waals surface area contributed by atoms with Gasteiger partial charge in [0.15, 0.2) is 0 Å². The van der Waals surface area contributed by atoms with Crippen LogP contribution in [0.15, 0.2) is 28.6 Å². The molecule has 0 aliphatic carbocycles. The van der Waals surface area contributed by atoms with Gasteiger partial charge in [-0.25, -0.2) is 9.78 Å². The third-order valence-electron chi connectivity index (χ3n) is 2.47. The molecule has 98 valence electrons. The maximum absolute atomic E-state index is 11.8. The van der Waals surface area contributed by atoms with Gasteiger partial charge >= 0.3 is 5.69 Å². The number of hydrogen-bond acceptors (Lipinski definition) is 6. The van der Waals surface area contributed by atoms with Gasteiger partial charge in [0.25, 0.3) is 5.19 Å². The van der Waals surface area contributed by atoms with Gasteiger partial charge in [0, 0.05) is 24.8 Å². The lowest BCUT2D eigenvalue weighted by Crippen LogP contribution is -2.22. The first-order valence-corrected chi connectivity index (χ1v) is 6.23. The molecule has 0 spiro atoms. The highest BCUT2D eigenvalue weighted by Gasteiger charge is 2.12. The van der Waals surface area contributed by atoms with E-state index < -0.39 is 0 Å². The van der Waals surface area contributed by atoms with Crippen LogP contribution >= 0.6 is 11.3 Å². The van der Waals surface area contributed by atoms with E-state index in [1.165, 1.54) is 23.1 Å². The van der Waals surface area contributed by atoms with Crippen molar-refractivity contribution in [2.45, 2.75) is 6.61 Å². The monoisotopic (exact) mass is 280 g/mol. The summed E-state index contributed by atoms with van der Waals surface area (Å²) in [4.78, 5) is 18.7. The first kappa shape index (κ1) is 10.5. The summed E-state index contributed by atoms with van der Waals surface area (Å²) < 4.78 is 15.1. The Labute approximate surface area is 112 Å². The first-order valence-electron chi connectivity index (χ1n) is 5.85. The SMILES string of the molecule is [3H]c1csc(OCc2[nH]ccc2-n2nnn(C)c2=O)n1. The van der Waals surface area contributed by atoms with Crippen LogP contribution < -0.4 is 10.4 Å². The van der Waals surface area contributed by atoms with E-state index in [1.807, 2.05) is 0 Å². The molecule has 0 aliphatic heterocycles. The second-order valence-corrected chi connectivity index (χ2v) is 4.49. The minimum atomic E-state index is -0.339. The maximum Gasteiger partial charge on any atom is 0.368 e. The lowest BCUT2D eigenvalue weighted by Gasteiger charge is -2.03. The van der Waals surface area contributed by atoms with Crippen LogP contribution in [0.5, 0.6) is 5.19 Å². The molecule has 9 heteroatoms. The number of rotatable bonds is 4. The highest BCUT2D eigenvalue weighted by molar-refractivity contribution is 7.11. The second kappa shape index (κ2) is 4.69. The van der Waals surface area contributed by atoms with Crippen LogP contribution in [0.4, 0.5) is 0 Å². The Morgan fingerprint density at radius 1 is 1.58 bits per heavy atom. The van der Waals surface area contributed by atoms with Crippen molar-refractivity contribution < 1.29 is 6.11 Å². The Balaban J connectivity index is 1.83. The van der Waals surface area contributed by atoms with Gasteiger partial charge in [0.05, 0.1) is 12.8 Å². The molecule has 3 heterocycles. The summed E-state index contributed by atoms with van der Waals surface area (Å²) in [5, 5.41) is 9.42. The number of aromatic nitrogens is 6. The number of H-pyrrole nitrogens is 1. The molecule has 0 aromatic carbocycles. The molecule has 0 radical (unpaired) electrons. The molecule has 8 nitrogen and oxygen atoms in total. The molecular formula is C10H10N6O2S. The van der Waals surface area contributed by atoms with E-state index in [9.17, 15) is 4.79 Å². The minimum absolute atomic E-state index is 0.168. The lowest BCUT2D eigenvalue weighted by molar-refractivity contribution is 0.299. The van der Waals surface area contributed by atoms with E-state index in [0.29, 0.717) is 16.6 Å². The highest BCUT2D eigenvalue weighted by Crippen LogP contribution is 2.17. The largest absolute Gasteiger partial charge is 0.464 e. The van der Waals surface area contributed by atoms with Crippen LogP contribution in [0, 0.1) is 0 Å². The van der Waals surface area contributed by atoms with Crippen molar-refractivity contribution in [3.63, 3.8) is 0 Å². The zero-order valence-electron chi connectivity index (χ0n) is 10.9. The number of aromatic amines is 1. The minimum Gasteiger partial charge on any atom is -0.464 e. The lowest BCUT2D eigenvalue weighted by atomic mass is 10.4. The summed E-state index contributed by atoms with van der Waals surface area (Å²) in [6, 6.07) is 1.71. The number of nitrogens with zero attached hydrogens (tertiary/aromatic N) is 5. The van der Waals surface area contributed by atoms with Gasteiger partial charge < -0.3 is 9.72 Å². The molecule has 0 unspecified atom stereocenters. The molecule has 1 N–H and O–H groups in total. The van der Waals surface area contributed by atoms with Crippen LogP contribution in [-0.4, -0.2) is 29.8 Å². The zero-order valence-corrected chi connectivity index (χ0v) is 10.7. The summed E-state index contributed by atoms with van der Waals surface area (Å²) in [6.07, 6.45) is 1.86. The zero-order chi connectivity index (χ0) is 14.1. The topological polar surface area (TPSA) is 90.6 Å². The van der Waals surface area contributed by atoms with Gasteiger partial charge in [0.1, 0.15) is 6.61 Å². The van der Waals surface area contributed by atoms with Crippen molar-refractivity contribution >= 4 is 11.3 Å². The molecule has 19 heavy (non-hydrogen) atoms. The molecule has 3 rings (SSSR count). The van der Waals surface area contributed by atoms with Crippen molar-refractivity contribution in [2.75, 3.05) is 0 Å². The second-order valence-electron chi connectivity index (χ2n) is 3.67. The van der Waals surface area contributed by atoms with E-state index in [0.717, 1.165) is 4.68 Å². The Hall–Kier alpha value is -2.42. The molecule has 0 atom stereocenters. The van der Waals surface area contributed by atoms with Crippen molar-refractivity contribution in [3.8, 4) is 10.9 Å². The number of hydrogen-bond donors (Lipinski definition) is 1. The molecule has 0 saturated carbocycles. The van der Waals surface area contributed by atoms with Gasteiger partial charge in [-0.15, -0.1) is 0 Å². The van der Waals surface area contributed by atoms with E-state index in [2.05, 4.69) is 20.4 Å². The summed E-state index contributed by atoms with van der Waals surface area (Å²) in [6.45, 7) is 0.193. The van der Waals surface area contributed by atoms with Crippen molar-refractivity contribution in [1.82, 2.24) is 29.8 Å². The average molecular weight is 280 g/mol. The molecular weight excluding hydrogens is 268 g/mol. The van der Waals surface area contributed by atoms with Crippen LogP contribution in [0.1, 0.15) is 7.06 Å². The maximum atomic E-state index is 11.8. The number of tetrazole rings is 1. The Kier molecular flexibility index (Phi) is 2.59. The molecule has 0 fully saturated rings. The summed E-state index contributed by atoms with van der Waals surface area (Å²) >= 11 is 1.24. The Morgan fingerprint density at radius 2 is 2.47 bits per heavy atom. The predicted molar refractivity (Wildman–Crippen MR) is 67.4 cm³/mol. The van der Waals surface area contributed by atoms with Crippen LogP contribution in [0.2, 0.25) is 0 Å².